The van der Waals surface area contributed by atoms with Gasteiger partial charge in [0.25, 0.3) is 17.1 Å². The number of amides is 3. The summed E-state index contributed by atoms with van der Waals surface area (Å²) in [7, 11) is 1.58. The van der Waals surface area contributed by atoms with Gasteiger partial charge in [-0.1, -0.05) is 24.3 Å². The molecule has 150 valence electrons. The lowest BCUT2D eigenvalue weighted by Gasteiger charge is -2.13. The van der Waals surface area contributed by atoms with Crippen LogP contribution in [-0.2, 0) is 16.1 Å². The van der Waals surface area contributed by atoms with Gasteiger partial charge in [0.15, 0.2) is 0 Å². The summed E-state index contributed by atoms with van der Waals surface area (Å²) in [6.45, 7) is 0.600. The highest BCUT2D eigenvalue weighted by Crippen LogP contribution is 2.31. The van der Waals surface area contributed by atoms with Crippen molar-refractivity contribution in [2.24, 2.45) is 0 Å². The number of carbonyl (C=O) groups is 3. The van der Waals surface area contributed by atoms with E-state index in [4.69, 9.17) is 4.74 Å². The van der Waals surface area contributed by atoms with Crippen LogP contribution < -0.4 is 5.32 Å². The van der Waals surface area contributed by atoms with Gasteiger partial charge in [0, 0.05) is 25.8 Å². The topological polar surface area (TPSA) is 75.7 Å². The van der Waals surface area contributed by atoms with Crippen molar-refractivity contribution in [1.29, 1.82) is 0 Å². The number of halogens is 1. The SMILES string of the molecule is COCc1cccc(C(=O)NCCN2C(=O)SC(=Cc3ccc(F)cc3)C2=O)c1. The average molecular weight is 414 g/mol. The van der Waals surface area contributed by atoms with E-state index in [9.17, 15) is 18.8 Å². The van der Waals surface area contributed by atoms with Gasteiger partial charge in [-0.3, -0.25) is 19.3 Å². The highest BCUT2D eigenvalue weighted by atomic mass is 32.2. The monoisotopic (exact) mass is 414 g/mol. The van der Waals surface area contributed by atoms with Crippen LogP contribution in [0.4, 0.5) is 9.18 Å². The Morgan fingerprint density at radius 1 is 1.21 bits per heavy atom. The van der Waals surface area contributed by atoms with Gasteiger partial charge >= 0.3 is 0 Å². The number of thioether (sulfide) groups is 1. The largest absolute Gasteiger partial charge is 0.380 e. The normalized spacial score (nSPS) is 15.2. The molecule has 1 aliphatic heterocycles. The van der Waals surface area contributed by atoms with Crippen LogP contribution in [0.3, 0.4) is 0 Å². The Bertz CT molecular complexity index is 959. The fourth-order valence-corrected chi connectivity index (χ4v) is 3.62. The van der Waals surface area contributed by atoms with Crippen molar-refractivity contribution in [2.75, 3.05) is 20.2 Å². The Labute approximate surface area is 171 Å². The molecule has 0 saturated carbocycles. The minimum absolute atomic E-state index is 0.0644. The first-order valence-electron chi connectivity index (χ1n) is 8.85. The summed E-state index contributed by atoms with van der Waals surface area (Å²) in [6, 6.07) is 12.7. The van der Waals surface area contributed by atoms with Crippen LogP contribution in [0, 0.1) is 5.82 Å². The number of nitrogens with one attached hydrogen (secondary N) is 1. The minimum atomic E-state index is -0.430. The Balaban J connectivity index is 1.57. The van der Waals surface area contributed by atoms with Crippen molar-refractivity contribution in [3.05, 3.63) is 75.9 Å². The van der Waals surface area contributed by atoms with E-state index in [0.717, 1.165) is 22.2 Å². The van der Waals surface area contributed by atoms with E-state index in [1.807, 2.05) is 6.07 Å². The van der Waals surface area contributed by atoms with Gasteiger partial charge in [0.1, 0.15) is 5.82 Å². The molecule has 8 heteroatoms. The van der Waals surface area contributed by atoms with Gasteiger partial charge in [0.05, 0.1) is 11.5 Å². The molecule has 1 saturated heterocycles. The summed E-state index contributed by atoms with van der Waals surface area (Å²) in [5, 5.41) is 2.31. The van der Waals surface area contributed by atoms with E-state index in [0.29, 0.717) is 17.7 Å². The van der Waals surface area contributed by atoms with E-state index < -0.39 is 11.1 Å². The second-order valence-electron chi connectivity index (χ2n) is 6.27. The predicted octanol–water partition coefficient (Wildman–Crippen LogP) is 3.44. The van der Waals surface area contributed by atoms with E-state index >= 15 is 0 Å². The molecule has 0 aromatic heterocycles. The molecular weight excluding hydrogens is 395 g/mol. The van der Waals surface area contributed by atoms with Crippen LogP contribution in [0.5, 0.6) is 0 Å². The number of benzene rings is 2. The molecular formula is C21H19FN2O4S. The number of ether oxygens (including phenoxy) is 1. The Morgan fingerprint density at radius 2 is 1.97 bits per heavy atom. The van der Waals surface area contributed by atoms with Crippen LogP contribution in [0.25, 0.3) is 6.08 Å². The molecule has 1 aliphatic rings. The highest BCUT2D eigenvalue weighted by Gasteiger charge is 2.34. The molecule has 2 aromatic rings. The van der Waals surface area contributed by atoms with Crippen molar-refractivity contribution in [2.45, 2.75) is 6.61 Å². The van der Waals surface area contributed by atoms with E-state index in [1.165, 1.54) is 24.3 Å². The maximum absolute atomic E-state index is 13.0. The third-order valence-corrected chi connectivity index (χ3v) is 5.07. The lowest BCUT2D eigenvalue weighted by molar-refractivity contribution is -0.122. The molecule has 0 aliphatic carbocycles. The van der Waals surface area contributed by atoms with Crippen molar-refractivity contribution in [3.63, 3.8) is 0 Å². The summed E-state index contributed by atoms with van der Waals surface area (Å²) in [4.78, 5) is 38.2. The fourth-order valence-electron chi connectivity index (χ4n) is 2.76. The third kappa shape index (κ3) is 5.30. The Hall–Kier alpha value is -2.97. The number of nitrogens with zero attached hydrogens (tertiary/aromatic N) is 1. The lowest BCUT2D eigenvalue weighted by atomic mass is 10.1. The van der Waals surface area contributed by atoms with Gasteiger partial charge in [-0.15, -0.1) is 0 Å². The van der Waals surface area contributed by atoms with Gasteiger partial charge in [-0.2, -0.15) is 0 Å². The number of methoxy groups -OCH3 is 1. The molecule has 0 atom stereocenters. The zero-order valence-electron chi connectivity index (χ0n) is 15.7. The molecule has 3 rings (SSSR count). The van der Waals surface area contributed by atoms with Crippen LogP contribution in [0.2, 0.25) is 0 Å². The second kappa shape index (κ2) is 9.49. The molecule has 0 bridgehead atoms. The van der Waals surface area contributed by atoms with Gasteiger partial charge < -0.3 is 10.1 Å². The quantitative estimate of drug-likeness (QED) is 0.703. The molecule has 29 heavy (non-hydrogen) atoms. The number of carbonyl (C=O) groups excluding carboxylic acids is 3. The summed E-state index contributed by atoms with van der Waals surface area (Å²) in [6.07, 6.45) is 1.55. The average Bonchev–Trinajstić information content (AvgIpc) is 2.97. The van der Waals surface area contributed by atoms with Crippen LogP contribution in [-0.4, -0.2) is 42.2 Å². The van der Waals surface area contributed by atoms with E-state index in [1.54, 1.807) is 31.4 Å². The molecule has 0 radical (unpaired) electrons. The van der Waals surface area contributed by atoms with Crippen molar-refractivity contribution >= 4 is 34.9 Å². The summed E-state index contributed by atoms with van der Waals surface area (Å²) in [5.41, 5.74) is 1.98. The van der Waals surface area contributed by atoms with Crippen molar-refractivity contribution < 1.29 is 23.5 Å². The smallest absolute Gasteiger partial charge is 0.293 e. The van der Waals surface area contributed by atoms with Crippen molar-refractivity contribution in [1.82, 2.24) is 10.2 Å². The zero-order chi connectivity index (χ0) is 20.8. The highest BCUT2D eigenvalue weighted by molar-refractivity contribution is 8.18. The molecule has 6 nitrogen and oxygen atoms in total. The molecule has 0 spiro atoms. The zero-order valence-corrected chi connectivity index (χ0v) is 16.5. The molecule has 0 unspecified atom stereocenters. The second-order valence-corrected chi connectivity index (χ2v) is 7.27. The molecule has 1 N–H and O–H groups in total. The summed E-state index contributed by atoms with van der Waals surface area (Å²) < 4.78 is 18.0. The lowest BCUT2D eigenvalue weighted by Crippen LogP contribution is -2.37. The Morgan fingerprint density at radius 3 is 2.69 bits per heavy atom. The van der Waals surface area contributed by atoms with Gasteiger partial charge in [0.2, 0.25) is 0 Å². The summed E-state index contributed by atoms with van der Waals surface area (Å²) >= 11 is 0.822. The summed E-state index contributed by atoms with van der Waals surface area (Å²) in [5.74, 6) is -1.10. The first-order chi connectivity index (χ1) is 14.0. The maximum atomic E-state index is 13.0. The third-order valence-electron chi connectivity index (χ3n) is 4.16. The van der Waals surface area contributed by atoms with Gasteiger partial charge in [-0.25, -0.2) is 4.39 Å². The molecule has 1 heterocycles. The first-order valence-corrected chi connectivity index (χ1v) is 9.66. The van der Waals surface area contributed by atoms with Crippen LogP contribution in [0.15, 0.2) is 53.4 Å². The standard InChI is InChI=1S/C21H19FN2O4S/c1-28-13-15-3-2-4-16(11-15)19(25)23-9-10-24-20(26)18(29-21(24)27)12-14-5-7-17(22)8-6-14/h2-8,11-12H,9-10,13H2,1H3,(H,23,25). The number of rotatable bonds is 7. The minimum Gasteiger partial charge on any atom is -0.380 e. The molecule has 1 fully saturated rings. The first kappa shape index (κ1) is 20.8. The maximum Gasteiger partial charge on any atom is 0.293 e. The fraction of sp³-hybridized carbons (Fsp3) is 0.190. The van der Waals surface area contributed by atoms with E-state index in [-0.39, 0.29) is 29.7 Å². The predicted molar refractivity (Wildman–Crippen MR) is 109 cm³/mol. The number of hydrogen-bond acceptors (Lipinski definition) is 5. The van der Waals surface area contributed by atoms with Crippen LogP contribution in [0.1, 0.15) is 21.5 Å². The number of hydrogen-bond donors (Lipinski definition) is 1. The molecule has 3 amide bonds. The van der Waals surface area contributed by atoms with Crippen molar-refractivity contribution in [3.8, 4) is 0 Å². The number of imide groups is 1. The Kier molecular flexibility index (Phi) is 6.79. The van der Waals surface area contributed by atoms with Gasteiger partial charge in [-0.05, 0) is 53.2 Å². The van der Waals surface area contributed by atoms with E-state index in [2.05, 4.69) is 5.32 Å². The van der Waals surface area contributed by atoms with Crippen LogP contribution >= 0.6 is 11.8 Å². The molecule has 2 aromatic carbocycles.